The van der Waals surface area contributed by atoms with E-state index in [-0.39, 0.29) is 6.04 Å². The number of fused-ring (bicyclic) bond motifs is 1. The Morgan fingerprint density at radius 1 is 1.07 bits per heavy atom. The molecular weight excluding hydrogens is 348 g/mol. The fraction of sp³-hybridized carbons (Fsp3) is 0.300. The summed E-state index contributed by atoms with van der Waals surface area (Å²) in [6, 6.07) is 14.0. The van der Waals surface area contributed by atoms with Gasteiger partial charge in [0.1, 0.15) is 18.1 Å². The summed E-state index contributed by atoms with van der Waals surface area (Å²) in [4.78, 5) is 24.5. The maximum atomic E-state index is 12.3. The highest BCUT2D eigenvalue weighted by Gasteiger charge is 2.25. The van der Waals surface area contributed by atoms with Crippen LogP contribution in [0.4, 0.5) is 5.69 Å². The summed E-state index contributed by atoms with van der Waals surface area (Å²) in [5.74, 6) is -0.00372. The quantitative estimate of drug-likeness (QED) is 0.602. The molecule has 2 amide bonds. The number of rotatable bonds is 6. The third-order valence-electron chi connectivity index (χ3n) is 4.14. The second kappa shape index (κ2) is 9.05. The zero-order valence-corrected chi connectivity index (χ0v) is 15.1. The van der Waals surface area contributed by atoms with Gasteiger partial charge in [0, 0.05) is 24.8 Å². The van der Waals surface area contributed by atoms with Crippen LogP contribution in [0.15, 0.2) is 48.5 Å². The topological polar surface area (TPSA) is 85.9 Å². The van der Waals surface area contributed by atoms with Gasteiger partial charge in [-0.25, -0.2) is 0 Å². The summed E-state index contributed by atoms with van der Waals surface area (Å²) in [6.07, 6.45) is 0.615. The normalized spacial score (nSPS) is 15.2. The molecule has 142 valence electrons. The van der Waals surface area contributed by atoms with Crippen molar-refractivity contribution in [3.05, 3.63) is 54.1 Å². The van der Waals surface area contributed by atoms with E-state index in [4.69, 9.17) is 14.2 Å². The first-order valence-corrected chi connectivity index (χ1v) is 8.73. The van der Waals surface area contributed by atoms with Crippen LogP contribution >= 0.6 is 0 Å². The van der Waals surface area contributed by atoms with Gasteiger partial charge in [-0.05, 0) is 30.3 Å². The lowest BCUT2D eigenvalue weighted by Gasteiger charge is -2.26. The largest absolute Gasteiger partial charge is 0.493 e. The van der Waals surface area contributed by atoms with Gasteiger partial charge >= 0.3 is 11.8 Å². The van der Waals surface area contributed by atoms with Crippen molar-refractivity contribution in [1.29, 1.82) is 0 Å². The smallest absolute Gasteiger partial charge is 0.313 e. The molecule has 2 aromatic carbocycles. The Bertz CT molecular complexity index is 791. The van der Waals surface area contributed by atoms with Gasteiger partial charge in [0.2, 0.25) is 0 Å². The average molecular weight is 370 g/mol. The van der Waals surface area contributed by atoms with Crippen molar-refractivity contribution in [2.45, 2.75) is 12.5 Å². The molecule has 0 saturated heterocycles. The molecule has 1 aliphatic heterocycles. The number of anilines is 1. The van der Waals surface area contributed by atoms with Crippen LogP contribution in [-0.4, -0.2) is 38.7 Å². The molecule has 0 fully saturated rings. The van der Waals surface area contributed by atoms with Crippen molar-refractivity contribution in [3.63, 3.8) is 0 Å². The Morgan fingerprint density at radius 2 is 1.85 bits per heavy atom. The number of carbonyl (C=O) groups excluding carboxylic acids is 2. The zero-order chi connectivity index (χ0) is 19.1. The number of ether oxygens (including phenoxy) is 3. The molecule has 7 heteroatoms. The highest BCUT2D eigenvalue weighted by atomic mass is 16.5. The summed E-state index contributed by atoms with van der Waals surface area (Å²) in [7, 11) is 1.60. The van der Waals surface area contributed by atoms with Crippen LogP contribution in [0.3, 0.4) is 0 Å². The number of nitrogens with one attached hydrogen (secondary N) is 2. The number of hydrogen-bond donors (Lipinski definition) is 2. The van der Waals surface area contributed by atoms with E-state index in [2.05, 4.69) is 10.6 Å². The minimum absolute atomic E-state index is 0.246. The molecule has 2 aromatic rings. The Balaban J connectivity index is 1.55. The molecule has 0 unspecified atom stereocenters. The van der Waals surface area contributed by atoms with E-state index in [1.165, 1.54) is 0 Å². The third-order valence-corrected chi connectivity index (χ3v) is 4.14. The Hall–Kier alpha value is -3.06. The highest BCUT2D eigenvalue weighted by molar-refractivity contribution is 6.39. The maximum Gasteiger partial charge on any atom is 0.313 e. The minimum Gasteiger partial charge on any atom is -0.493 e. The van der Waals surface area contributed by atoms with Crippen LogP contribution in [-0.2, 0) is 14.3 Å². The summed E-state index contributed by atoms with van der Waals surface area (Å²) < 4.78 is 15.9. The lowest BCUT2D eigenvalue weighted by atomic mass is 10.0. The third kappa shape index (κ3) is 4.98. The molecule has 27 heavy (non-hydrogen) atoms. The van der Waals surface area contributed by atoms with Crippen LogP contribution in [0.5, 0.6) is 11.5 Å². The maximum absolute atomic E-state index is 12.3. The Kier molecular flexibility index (Phi) is 6.27. The van der Waals surface area contributed by atoms with Gasteiger partial charge in [0.05, 0.1) is 19.3 Å². The van der Waals surface area contributed by atoms with Crippen LogP contribution in [0.25, 0.3) is 0 Å². The van der Waals surface area contributed by atoms with Crippen LogP contribution in [0.1, 0.15) is 18.0 Å². The van der Waals surface area contributed by atoms with E-state index in [0.717, 1.165) is 11.3 Å². The molecule has 1 aliphatic rings. The second-order valence-corrected chi connectivity index (χ2v) is 6.02. The first-order chi connectivity index (χ1) is 13.2. The number of carbonyl (C=O) groups is 2. The van der Waals surface area contributed by atoms with Crippen molar-refractivity contribution in [1.82, 2.24) is 5.32 Å². The molecule has 0 spiro atoms. The van der Waals surface area contributed by atoms with E-state index < -0.39 is 11.8 Å². The fourth-order valence-electron chi connectivity index (χ4n) is 2.78. The van der Waals surface area contributed by atoms with E-state index >= 15 is 0 Å². The van der Waals surface area contributed by atoms with Crippen molar-refractivity contribution < 1.29 is 23.8 Å². The molecule has 0 aliphatic carbocycles. The van der Waals surface area contributed by atoms with E-state index in [0.29, 0.717) is 37.7 Å². The van der Waals surface area contributed by atoms with Crippen molar-refractivity contribution in [2.24, 2.45) is 0 Å². The molecule has 7 nitrogen and oxygen atoms in total. The molecule has 0 aromatic heterocycles. The van der Waals surface area contributed by atoms with Gasteiger partial charge in [-0.15, -0.1) is 0 Å². The highest BCUT2D eigenvalue weighted by Crippen LogP contribution is 2.31. The zero-order valence-electron chi connectivity index (χ0n) is 15.1. The number of para-hydroxylation sites is 1. The Morgan fingerprint density at radius 3 is 2.63 bits per heavy atom. The number of benzene rings is 2. The van der Waals surface area contributed by atoms with Gasteiger partial charge in [-0.1, -0.05) is 18.2 Å². The van der Waals surface area contributed by atoms with E-state index in [9.17, 15) is 9.59 Å². The minimum atomic E-state index is -0.716. The van der Waals surface area contributed by atoms with Gasteiger partial charge in [-0.2, -0.15) is 0 Å². The van der Waals surface area contributed by atoms with Gasteiger partial charge < -0.3 is 24.8 Å². The Labute approximate surface area is 157 Å². The van der Waals surface area contributed by atoms with Gasteiger partial charge in [-0.3, -0.25) is 9.59 Å². The first-order valence-electron chi connectivity index (χ1n) is 8.73. The lowest BCUT2D eigenvalue weighted by Crippen LogP contribution is -2.39. The summed E-state index contributed by atoms with van der Waals surface area (Å²) in [5.41, 5.74) is 1.39. The standard InChI is InChI=1S/C20H22N2O5/c1-25-12-13-26-15-8-6-14(7-9-15)21-19(23)20(24)22-17-10-11-27-18-5-3-2-4-16(17)18/h2-9,17H,10-13H2,1H3,(H,21,23)(H,22,24)/t17-/m0/s1. The molecule has 0 saturated carbocycles. The van der Waals surface area contributed by atoms with Crippen molar-refractivity contribution in [2.75, 3.05) is 32.2 Å². The van der Waals surface area contributed by atoms with Gasteiger partial charge in [0.25, 0.3) is 0 Å². The van der Waals surface area contributed by atoms with Crippen molar-refractivity contribution >= 4 is 17.5 Å². The second-order valence-electron chi connectivity index (χ2n) is 6.02. The SMILES string of the molecule is COCCOc1ccc(NC(=O)C(=O)N[C@H]2CCOc3ccccc32)cc1. The summed E-state index contributed by atoms with van der Waals surface area (Å²) in [5, 5.41) is 5.36. The van der Waals surface area contributed by atoms with Crippen LogP contribution < -0.4 is 20.1 Å². The predicted octanol–water partition coefficient (Wildman–Crippen LogP) is 2.29. The predicted molar refractivity (Wildman–Crippen MR) is 99.9 cm³/mol. The fourth-order valence-corrected chi connectivity index (χ4v) is 2.78. The molecule has 0 radical (unpaired) electrons. The van der Waals surface area contributed by atoms with Crippen LogP contribution in [0, 0.1) is 0 Å². The molecule has 2 N–H and O–H groups in total. The van der Waals surface area contributed by atoms with E-state index in [1.807, 2.05) is 24.3 Å². The lowest BCUT2D eigenvalue weighted by molar-refractivity contribution is -0.136. The molecule has 1 atom stereocenters. The number of methoxy groups -OCH3 is 1. The van der Waals surface area contributed by atoms with E-state index in [1.54, 1.807) is 31.4 Å². The number of hydrogen-bond acceptors (Lipinski definition) is 5. The number of amides is 2. The van der Waals surface area contributed by atoms with Gasteiger partial charge in [0.15, 0.2) is 0 Å². The molecular formula is C20H22N2O5. The monoisotopic (exact) mass is 370 g/mol. The molecule has 0 bridgehead atoms. The van der Waals surface area contributed by atoms with Crippen molar-refractivity contribution in [3.8, 4) is 11.5 Å². The molecule has 3 rings (SSSR count). The summed E-state index contributed by atoms with van der Waals surface area (Å²) >= 11 is 0. The molecule has 1 heterocycles. The average Bonchev–Trinajstić information content (AvgIpc) is 2.70. The van der Waals surface area contributed by atoms with Crippen LogP contribution in [0.2, 0.25) is 0 Å². The first kappa shape index (κ1) is 18.7. The summed E-state index contributed by atoms with van der Waals surface area (Å²) in [6.45, 7) is 1.43.